The van der Waals surface area contributed by atoms with Crippen molar-refractivity contribution in [2.24, 2.45) is 5.14 Å². The first-order valence-electron chi connectivity index (χ1n) is 7.99. The molecule has 0 amide bonds. The predicted molar refractivity (Wildman–Crippen MR) is 103 cm³/mol. The van der Waals surface area contributed by atoms with E-state index in [1.165, 1.54) is 24.3 Å². The first-order chi connectivity index (χ1) is 11.7. The molecule has 0 saturated heterocycles. The molecule has 0 aromatic heterocycles. The average Bonchev–Trinajstić information content (AvgIpc) is 2.44. The Balaban J connectivity index is 2.50. The van der Waals surface area contributed by atoms with E-state index in [9.17, 15) is 16.8 Å². The first kappa shape index (κ1) is 20.4. The quantitative estimate of drug-likeness (QED) is 0.828. The summed E-state index contributed by atoms with van der Waals surface area (Å²) in [6, 6.07) is 9.13. The highest BCUT2D eigenvalue weighted by Gasteiger charge is 2.23. The first-order valence-corrected chi connectivity index (χ1v) is 11.0. The summed E-state index contributed by atoms with van der Waals surface area (Å²) < 4.78 is 51.1. The zero-order chi connectivity index (χ0) is 19.9. The summed E-state index contributed by atoms with van der Waals surface area (Å²) in [4.78, 5) is 0.0285. The van der Waals surface area contributed by atoms with Crippen molar-refractivity contribution in [3.63, 3.8) is 0 Å². The predicted octanol–water partition coefficient (Wildman–Crippen LogP) is 3.05. The summed E-state index contributed by atoms with van der Waals surface area (Å²) in [5.41, 5.74) is 2.34. The van der Waals surface area contributed by atoms with Crippen molar-refractivity contribution in [3.8, 4) is 0 Å². The minimum absolute atomic E-state index is 0.102. The molecule has 2 rings (SSSR count). The summed E-state index contributed by atoms with van der Waals surface area (Å²) in [6.07, 6.45) is 0. The summed E-state index contributed by atoms with van der Waals surface area (Å²) in [7, 11) is -7.80. The van der Waals surface area contributed by atoms with Crippen LogP contribution in [-0.2, 0) is 25.5 Å². The summed E-state index contributed by atoms with van der Waals surface area (Å²) in [5.74, 6) is 0. The van der Waals surface area contributed by atoms with E-state index in [1.54, 1.807) is 13.8 Å². The minimum Gasteiger partial charge on any atom is -0.280 e. The highest BCUT2D eigenvalue weighted by molar-refractivity contribution is 7.92. The van der Waals surface area contributed by atoms with Crippen LogP contribution in [0, 0.1) is 13.8 Å². The third kappa shape index (κ3) is 4.44. The number of hydrogen-bond acceptors (Lipinski definition) is 4. The number of primary sulfonamides is 1. The molecule has 0 atom stereocenters. The van der Waals surface area contributed by atoms with Gasteiger partial charge in [-0.1, -0.05) is 39.0 Å². The lowest BCUT2D eigenvalue weighted by molar-refractivity contribution is 0.585. The maximum Gasteiger partial charge on any atom is 0.262 e. The molecule has 0 radical (unpaired) electrons. The summed E-state index contributed by atoms with van der Waals surface area (Å²) in [6.45, 7) is 9.68. The second-order valence-corrected chi connectivity index (χ2v) is 10.5. The van der Waals surface area contributed by atoms with Crippen molar-refractivity contribution < 1.29 is 16.8 Å². The van der Waals surface area contributed by atoms with E-state index >= 15 is 0 Å². The van der Waals surface area contributed by atoms with Gasteiger partial charge in [-0.2, -0.15) is 0 Å². The Bertz CT molecular complexity index is 1030. The van der Waals surface area contributed by atoms with Gasteiger partial charge in [0.25, 0.3) is 10.0 Å². The highest BCUT2D eigenvalue weighted by atomic mass is 32.2. The van der Waals surface area contributed by atoms with Crippen LogP contribution in [0.4, 0.5) is 5.69 Å². The summed E-state index contributed by atoms with van der Waals surface area (Å²) in [5, 5.41) is 5.10. The van der Waals surface area contributed by atoms with Crippen LogP contribution in [0.5, 0.6) is 0 Å². The fraction of sp³-hybridized carbons (Fsp3) is 0.333. The molecule has 2 aromatic rings. The molecule has 0 spiro atoms. The number of hydrogen-bond donors (Lipinski definition) is 2. The molecule has 142 valence electrons. The second kappa shape index (κ2) is 6.68. The molecule has 2 aromatic carbocycles. The maximum absolute atomic E-state index is 12.9. The monoisotopic (exact) mass is 396 g/mol. The fourth-order valence-corrected chi connectivity index (χ4v) is 4.81. The molecule has 0 saturated carbocycles. The van der Waals surface area contributed by atoms with Gasteiger partial charge in [0, 0.05) is 0 Å². The van der Waals surface area contributed by atoms with Crippen LogP contribution >= 0.6 is 0 Å². The van der Waals surface area contributed by atoms with E-state index in [-0.39, 0.29) is 20.9 Å². The molecule has 8 heteroatoms. The van der Waals surface area contributed by atoms with Crippen LogP contribution in [-0.4, -0.2) is 16.8 Å². The summed E-state index contributed by atoms with van der Waals surface area (Å²) >= 11 is 0. The van der Waals surface area contributed by atoms with Crippen molar-refractivity contribution in [1.29, 1.82) is 0 Å². The number of anilines is 1. The number of rotatable bonds is 4. The third-order valence-corrected chi connectivity index (χ3v) is 6.61. The van der Waals surface area contributed by atoms with Crippen molar-refractivity contribution in [3.05, 3.63) is 53.1 Å². The van der Waals surface area contributed by atoms with Gasteiger partial charge >= 0.3 is 0 Å². The van der Waals surface area contributed by atoms with E-state index in [1.807, 2.05) is 12.1 Å². The van der Waals surface area contributed by atoms with Crippen molar-refractivity contribution in [2.75, 3.05) is 4.72 Å². The molecule has 0 fully saturated rings. The van der Waals surface area contributed by atoms with E-state index < -0.39 is 20.0 Å². The lowest BCUT2D eigenvalue weighted by Gasteiger charge is -2.22. The maximum atomic E-state index is 12.9. The van der Waals surface area contributed by atoms with E-state index in [0.29, 0.717) is 11.1 Å². The van der Waals surface area contributed by atoms with Crippen LogP contribution < -0.4 is 9.86 Å². The van der Waals surface area contributed by atoms with Crippen molar-refractivity contribution in [1.82, 2.24) is 0 Å². The zero-order valence-electron chi connectivity index (χ0n) is 15.5. The molecule has 6 nitrogen and oxygen atoms in total. The van der Waals surface area contributed by atoms with E-state index in [0.717, 1.165) is 5.56 Å². The van der Waals surface area contributed by atoms with Gasteiger partial charge in [0.15, 0.2) is 0 Å². The Hall–Kier alpha value is -1.90. The number of nitrogens with two attached hydrogens (primary N) is 1. The number of sulfonamides is 2. The van der Waals surface area contributed by atoms with Gasteiger partial charge in [0.1, 0.15) is 0 Å². The van der Waals surface area contributed by atoms with Crippen LogP contribution in [0.1, 0.15) is 37.5 Å². The third-order valence-electron chi connectivity index (χ3n) is 4.01. The van der Waals surface area contributed by atoms with Gasteiger partial charge in [-0.3, -0.25) is 4.72 Å². The molecular formula is C18H24N2O4S2. The van der Waals surface area contributed by atoms with Gasteiger partial charge in [-0.25, -0.2) is 22.0 Å². The van der Waals surface area contributed by atoms with Crippen LogP contribution in [0.3, 0.4) is 0 Å². The molecule has 0 heterocycles. The Labute approximate surface area is 155 Å². The highest BCUT2D eigenvalue weighted by Crippen LogP contribution is 2.30. The van der Waals surface area contributed by atoms with E-state index in [2.05, 4.69) is 25.5 Å². The van der Waals surface area contributed by atoms with Gasteiger partial charge in [0.05, 0.1) is 15.5 Å². The van der Waals surface area contributed by atoms with Crippen molar-refractivity contribution >= 4 is 25.7 Å². The molecule has 26 heavy (non-hydrogen) atoms. The van der Waals surface area contributed by atoms with Crippen LogP contribution in [0.15, 0.2) is 46.2 Å². The average molecular weight is 397 g/mol. The lowest BCUT2D eigenvalue weighted by Crippen LogP contribution is -2.19. The van der Waals surface area contributed by atoms with Gasteiger partial charge in [-0.05, 0) is 54.2 Å². The lowest BCUT2D eigenvalue weighted by atomic mass is 9.85. The molecular weight excluding hydrogens is 372 g/mol. The van der Waals surface area contributed by atoms with Gasteiger partial charge in [0.2, 0.25) is 10.0 Å². The SMILES string of the molecule is Cc1cc(C(C)(C)C)cc(C)c1S(=O)(=O)Nc1cccc(S(N)(=O)=O)c1. The minimum atomic E-state index is -3.92. The number of aryl methyl sites for hydroxylation is 2. The van der Waals surface area contributed by atoms with Crippen molar-refractivity contribution in [2.45, 2.75) is 49.8 Å². The topological polar surface area (TPSA) is 106 Å². The van der Waals surface area contributed by atoms with Gasteiger partial charge < -0.3 is 0 Å². The molecule has 0 unspecified atom stereocenters. The molecule has 0 aliphatic carbocycles. The molecule has 0 aliphatic heterocycles. The van der Waals surface area contributed by atoms with Crippen LogP contribution in [0.25, 0.3) is 0 Å². The smallest absolute Gasteiger partial charge is 0.262 e. The Morgan fingerprint density at radius 2 is 1.46 bits per heavy atom. The van der Waals surface area contributed by atoms with Crippen LogP contribution in [0.2, 0.25) is 0 Å². The molecule has 0 aliphatic rings. The molecule has 3 N–H and O–H groups in total. The number of benzene rings is 2. The normalized spacial score (nSPS) is 12.8. The fourth-order valence-electron chi connectivity index (χ4n) is 2.75. The van der Waals surface area contributed by atoms with Gasteiger partial charge in [-0.15, -0.1) is 0 Å². The standard InChI is InChI=1S/C18H24N2O4S2/c1-12-9-14(18(3,4)5)10-13(2)17(12)26(23,24)20-15-7-6-8-16(11-15)25(19,21)22/h6-11,20H,1-5H3,(H2,19,21,22). The Kier molecular flexibility index (Phi) is 5.24. The Morgan fingerprint density at radius 3 is 1.92 bits per heavy atom. The Morgan fingerprint density at radius 1 is 0.923 bits per heavy atom. The second-order valence-electron chi connectivity index (χ2n) is 7.37. The number of nitrogens with one attached hydrogen (secondary N) is 1. The zero-order valence-corrected chi connectivity index (χ0v) is 17.1. The van der Waals surface area contributed by atoms with E-state index in [4.69, 9.17) is 5.14 Å². The molecule has 0 bridgehead atoms. The largest absolute Gasteiger partial charge is 0.280 e.